The molecule has 1 unspecified atom stereocenters. The van der Waals surface area contributed by atoms with E-state index in [1.807, 2.05) is 42.5 Å². The van der Waals surface area contributed by atoms with Gasteiger partial charge in [-0.2, -0.15) is 0 Å². The van der Waals surface area contributed by atoms with Crippen molar-refractivity contribution in [1.29, 1.82) is 0 Å². The molecule has 0 bridgehead atoms. The van der Waals surface area contributed by atoms with Crippen LogP contribution in [0.1, 0.15) is 18.5 Å². The summed E-state index contributed by atoms with van der Waals surface area (Å²) in [4.78, 5) is 0. The van der Waals surface area contributed by atoms with Crippen molar-refractivity contribution in [2.45, 2.75) is 13.0 Å². The summed E-state index contributed by atoms with van der Waals surface area (Å²) < 4.78 is 5.12. The smallest absolute Gasteiger partial charge is 0.171 e. The number of rotatable bonds is 4. The van der Waals surface area contributed by atoms with Gasteiger partial charge in [0.1, 0.15) is 5.75 Å². The minimum absolute atomic E-state index is 0.162. The number of methoxy groups -OCH3 is 1. The standard InChI is InChI=1S/C16H18N2OS/c1-12(13-6-4-3-5-7-13)17-16(20)18-14-8-10-15(19-2)11-9-14/h3-12H,1-2H3,(H2,17,18,20). The lowest BCUT2D eigenvalue weighted by molar-refractivity contribution is 0.415. The van der Waals surface area contributed by atoms with Crippen LogP contribution in [0, 0.1) is 0 Å². The fraction of sp³-hybridized carbons (Fsp3) is 0.188. The number of nitrogens with one attached hydrogen (secondary N) is 2. The van der Waals surface area contributed by atoms with E-state index >= 15 is 0 Å². The van der Waals surface area contributed by atoms with Crippen molar-refractivity contribution in [1.82, 2.24) is 5.32 Å². The highest BCUT2D eigenvalue weighted by Gasteiger charge is 2.06. The number of hydrogen-bond donors (Lipinski definition) is 2. The van der Waals surface area contributed by atoms with Gasteiger partial charge in [0, 0.05) is 5.69 Å². The van der Waals surface area contributed by atoms with Crippen LogP contribution in [0.15, 0.2) is 54.6 Å². The maximum atomic E-state index is 5.32. The van der Waals surface area contributed by atoms with Crippen LogP contribution in [0.25, 0.3) is 0 Å². The molecular weight excluding hydrogens is 268 g/mol. The Bertz CT molecular complexity index is 554. The van der Waals surface area contributed by atoms with Crippen molar-refractivity contribution in [2.75, 3.05) is 12.4 Å². The van der Waals surface area contributed by atoms with Gasteiger partial charge in [0.05, 0.1) is 13.2 Å². The predicted molar refractivity (Wildman–Crippen MR) is 87.2 cm³/mol. The molecule has 2 aromatic rings. The van der Waals surface area contributed by atoms with Gasteiger partial charge < -0.3 is 15.4 Å². The highest BCUT2D eigenvalue weighted by molar-refractivity contribution is 7.80. The monoisotopic (exact) mass is 286 g/mol. The van der Waals surface area contributed by atoms with Gasteiger partial charge in [-0.05, 0) is 49.0 Å². The molecule has 20 heavy (non-hydrogen) atoms. The van der Waals surface area contributed by atoms with E-state index < -0.39 is 0 Å². The van der Waals surface area contributed by atoms with Gasteiger partial charge in [0.25, 0.3) is 0 Å². The summed E-state index contributed by atoms with van der Waals surface area (Å²) in [5.74, 6) is 0.826. The van der Waals surface area contributed by atoms with E-state index in [1.165, 1.54) is 5.56 Å². The molecule has 2 N–H and O–H groups in total. The molecule has 104 valence electrons. The molecule has 0 aromatic heterocycles. The van der Waals surface area contributed by atoms with E-state index in [4.69, 9.17) is 17.0 Å². The van der Waals surface area contributed by atoms with Crippen molar-refractivity contribution >= 4 is 23.0 Å². The van der Waals surface area contributed by atoms with Crippen molar-refractivity contribution in [3.8, 4) is 5.75 Å². The second kappa shape index (κ2) is 6.91. The molecule has 0 saturated heterocycles. The lowest BCUT2D eigenvalue weighted by atomic mass is 10.1. The third-order valence-electron chi connectivity index (χ3n) is 3.00. The summed E-state index contributed by atoms with van der Waals surface area (Å²) in [6.07, 6.45) is 0. The zero-order valence-corrected chi connectivity index (χ0v) is 12.4. The number of hydrogen-bond acceptors (Lipinski definition) is 2. The van der Waals surface area contributed by atoms with Crippen LogP contribution in [0.2, 0.25) is 0 Å². The molecule has 2 aromatic carbocycles. The van der Waals surface area contributed by atoms with Gasteiger partial charge >= 0.3 is 0 Å². The Balaban J connectivity index is 1.91. The summed E-state index contributed by atoms with van der Waals surface area (Å²) >= 11 is 5.32. The van der Waals surface area contributed by atoms with Gasteiger partial charge in [-0.1, -0.05) is 30.3 Å². The van der Waals surface area contributed by atoms with E-state index in [0.717, 1.165) is 11.4 Å². The highest BCUT2D eigenvalue weighted by Crippen LogP contribution is 2.16. The van der Waals surface area contributed by atoms with E-state index in [0.29, 0.717) is 5.11 Å². The molecule has 0 spiro atoms. The molecule has 0 amide bonds. The van der Waals surface area contributed by atoms with Gasteiger partial charge in [-0.3, -0.25) is 0 Å². The average Bonchev–Trinajstić information content (AvgIpc) is 2.49. The third-order valence-corrected chi connectivity index (χ3v) is 3.21. The third kappa shape index (κ3) is 3.96. The lowest BCUT2D eigenvalue weighted by Gasteiger charge is -2.17. The maximum absolute atomic E-state index is 5.32. The minimum atomic E-state index is 0.162. The van der Waals surface area contributed by atoms with E-state index in [1.54, 1.807) is 7.11 Å². The predicted octanol–water partition coefficient (Wildman–Crippen LogP) is 3.74. The summed E-state index contributed by atoms with van der Waals surface area (Å²) in [5, 5.41) is 7.02. The SMILES string of the molecule is COc1ccc(NC(=S)NC(C)c2ccccc2)cc1. The molecule has 1 atom stereocenters. The van der Waals surface area contributed by atoms with E-state index in [2.05, 4.69) is 29.7 Å². The topological polar surface area (TPSA) is 33.3 Å². The molecule has 0 radical (unpaired) electrons. The Hall–Kier alpha value is -2.07. The van der Waals surface area contributed by atoms with Crippen LogP contribution in [-0.2, 0) is 0 Å². The molecule has 0 aliphatic heterocycles. The second-order valence-corrected chi connectivity index (χ2v) is 4.87. The van der Waals surface area contributed by atoms with Crippen LogP contribution in [0.4, 0.5) is 5.69 Å². The number of ether oxygens (including phenoxy) is 1. The first-order chi connectivity index (χ1) is 9.69. The summed E-state index contributed by atoms with van der Waals surface area (Å²) in [7, 11) is 1.65. The molecule has 2 rings (SSSR count). The van der Waals surface area contributed by atoms with Crippen molar-refractivity contribution in [3.05, 3.63) is 60.2 Å². The molecule has 0 fully saturated rings. The van der Waals surface area contributed by atoms with Gasteiger partial charge in [-0.25, -0.2) is 0 Å². The molecule has 0 aliphatic rings. The first kappa shape index (κ1) is 14.3. The molecule has 0 aliphatic carbocycles. The first-order valence-corrected chi connectivity index (χ1v) is 6.86. The molecule has 0 heterocycles. The van der Waals surface area contributed by atoms with Gasteiger partial charge in [0.15, 0.2) is 5.11 Å². The van der Waals surface area contributed by atoms with Crippen LogP contribution in [-0.4, -0.2) is 12.2 Å². The molecule has 3 nitrogen and oxygen atoms in total. The highest BCUT2D eigenvalue weighted by atomic mass is 32.1. The fourth-order valence-electron chi connectivity index (χ4n) is 1.86. The summed E-state index contributed by atoms with van der Waals surface area (Å²) in [5.41, 5.74) is 2.13. The summed E-state index contributed by atoms with van der Waals surface area (Å²) in [6.45, 7) is 2.08. The zero-order valence-electron chi connectivity index (χ0n) is 11.6. The Labute approximate surface area is 125 Å². The van der Waals surface area contributed by atoms with Crippen LogP contribution >= 0.6 is 12.2 Å². The van der Waals surface area contributed by atoms with Gasteiger partial charge in [-0.15, -0.1) is 0 Å². The van der Waals surface area contributed by atoms with E-state index in [-0.39, 0.29) is 6.04 Å². The molecule has 0 saturated carbocycles. The van der Waals surface area contributed by atoms with Gasteiger partial charge in [0.2, 0.25) is 0 Å². The van der Waals surface area contributed by atoms with Crippen molar-refractivity contribution in [3.63, 3.8) is 0 Å². The van der Waals surface area contributed by atoms with Crippen LogP contribution in [0.5, 0.6) is 5.75 Å². The van der Waals surface area contributed by atoms with Crippen molar-refractivity contribution < 1.29 is 4.74 Å². The Morgan fingerprint density at radius 3 is 2.30 bits per heavy atom. The largest absolute Gasteiger partial charge is 0.497 e. The Morgan fingerprint density at radius 1 is 1.05 bits per heavy atom. The lowest BCUT2D eigenvalue weighted by Crippen LogP contribution is -2.30. The maximum Gasteiger partial charge on any atom is 0.171 e. The van der Waals surface area contributed by atoms with E-state index in [9.17, 15) is 0 Å². The van der Waals surface area contributed by atoms with Crippen LogP contribution < -0.4 is 15.4 Å². The van der Waals surface area contributed by atoms with Crippen molar-refractivity contribution in [2.24, 2.45) is 0 Å². The Kier molecular flexibility index (Phi) is 4.96. The minimum Gasteiger partial charge on any atom is -0.497 e. The fourth-order valence-corrected chi connectivity index (χ4v) is 2.16. The quantitative estimate of drug-likeness (QED) is 0.839. The molecular formula is C16H18N2OS. The number of thiocarbonyl (C=S) groups is 1. The number of anilines is 1. The average molecular weight is 286 g/mol. The number of benzene rings is 2. The molecule has 4 heteroatoms. The second-order valence-electron chi connectivity index (χ2n) is 4.46. The van der Waals surface area contributed by atoms with Crippen LogP contribution in [0.3, 0.4) is 0 Å². The first-order valence-electron chi connectivity index (χ1n) is 6.45. The normalized spacial score (nSPS) is 11.5. The summed E-state index contributed by atoms with van der Waals surface area (Å²) in [6, 6.07) is 18.0. The Morgan fingerprint density at radius 2 is 1.70 bits per heavy atom. The zero-order chi connectivity index (χ0) is 14.4.